The first-order valence-electron chi connectivity index (χ1n) is 6.41. The standard InChI is InChI=1S/C15H12ClN3O2/c1-9(20)7-11-8-12(21)19-15(17-11)13(14(16)18-19)10-5-3-2-4-6-10/h2-6,8,17H,7H2,1H3. The Morgan fingerprint density at radius 1 is 1.33 bits per heavy atom. The van der Waals surface area contributed by atoms with E-state index in [0.717, 1.165) is 5.56 Å². The Hall–Kier alpha value is -2.40. The molecule has 1 N–H and O–H groups in total. The van der Waals surface area contributed by atoms with Crippen molar-refractivity contribution in [2.45, 2.75) is 13.3 Å². The minimum absolute atomic E-state index is 0.0260. The number of carbonyl (C=O) groups excluding carboxylic acids is 1. The van der Waals surface area contributed by atoms with Gasteiger partial charge in [-0.25, -0.2) is 0 Å². The highest BCUT2D eigenvalue weighted by Crippen LogP contribution is 2.29. The molecule has 21 heavy (non-hydrogen) atoms. The average Bonchev–Trinajstić information content (AvgIpc) is 2.76. The molecule has 0 fully saturated rings. The number of ketones is 1. The highest BCUT2D eigenvalue weighted by Gasteiger charge is 2.16. The van der Waals surface area contributed by atoms with Gasteiger partial charge in [0, 0.05) is 18.2 Å². The summed E-state index contributed by atoms with van der Waals surface area (Å²) in [6.45, 7) is 1.48. The van der Waals surface area contributed by atoms with E-state index >= 15 is 0 Å². The lowest BCUT2D eigenvalue weighted by Crippen LogP contribution is -2.16. The van der Waals surface area contributed by atoms with E-state index in [1.54, 1.807) is 0 Å². The fraction of sp³-hybridized carbons (Fsp3) is 0.133. The number of aromatic nitrogens is 3. The van der Waals surface area contributed by atoms with Gasteiger partial charge in [-0.2, -0.15) is 9.61 Å². The Kier molecular flexibility index (Phi) is 3.35. The molecule has 0 aliphatic rings. The van der Waals surface area contributed by atoms with Gasteiger partial charge in [0.1, 0.15) is 11.4 Å². The summed E-state index contributed by atoms with van der Waals surface area (Å²) in [4.78, 5) is 26.4. The van der Waals surface area contributed by atoms with Gasteiger partial charge < -0.3 is 4.98 Å². The molecule has 0 atom stereocenters. The van der Waals surface area contributed by atoms with Gasteiger partial charge >= 0.3 is 0 Å². The summed E-state index contributed by atoms with van der Waals surface area (Å²) >= 11 is 6.17. The van der Waals surface area contributed by atoms with Crippen molar-refractivity contribution in [3.63, 3.8) is 0 Å². The molecule has 1 aromatic carbocycles. The molecule has 6 heteroatoms. The normalized spacial score (nSPS) is 11.0. The maximum atomic E-state index is 12.1. The maximum absolute atomic E-state index is 12.1. The molecule has 0 radical (unpaired) electrons. The zero-order chi connectivity index (χ0) is 15.0. The second-order valence-electron chi connectivity index (χ2n) is 4.80. The Morgan fingerprint density at radius 3 is 2.71 bits per heavy atom. The van der Waals surface area contributed by atoms with Gasteiger partial charge in [-0.05, 0) is 12.5 Å². The number of fused-ring (bicyclic) bond motifs is 1. The summed E-state index contributed by atoms with van der Waals surface area (Å²) in [7, 11) is 0. The van der Waals surface area contributed by atoms with Crippen LogP contribution in [0, 0.1) is 0 Å². The Labute approximate surface area is 125 Å². The topological polar surface area (TPSA) is 67.2 Å². The molecule has 0 saturated heterocycles. The van der Waals surface area contributed by atoms with Gasteiger partial charge in [-0.3, -0.25) is 9.59 Å². The van der Waals surface area contributed by atoms with Crippen molar-refractivity contribution in [2.24, 2.45) is 0 Å². The monoisotopic (exact) mass is 301 g/mol. The number of carbonyl (C=O) groups is 1. The molecule has 0 aliphatic carbocycles. The van der Waals surface area contributed by atoms with E-state index in [9.17, 15) is 9.59 Å². The van der Waals surface area contributed by atoms with Crippen LogP contribution in [0.2, 0.25) is 5.15 Å². The number of benzene rings is 1. The molecule has 0 bridgehead atoms. The molecule has 3 rings (SSSR count). The summed E-state index contributed by atoms with van der Waals surface area (Å²) in [6.07, 6.45) is 0.169. The van der Waals surface area contributed by atoms with E-state index in [2.05, 4.69) is 10.1 Å². The van der Waals surface area contributed by atoms with Gasteiger partial charge in [0.25, 0.3) is 5.56 Å². The smallest absolute Gasteiger partial charge is 0.274 e. The van der Waals surface area contributed by atoms with Crippen molar-refractivity contribution in [3.05, 3.63) is 57.6 Å². The van der Waals surface area contributed by atoms with E-state index in [1.165, 1.54) is 17.5 Å². The van der Waals surface area contributed by atoms with Crippen LogP contribution in [0.4, 0.5) is 0 Å². The van der Waals surface area contributed by atoms with Crippen LogP contribution in [-0.2, 0) is 11.2 Å². The summed E-state index contributed by atoms with van der Waals surface area (Å²) in [5, 5.41) is 4.31. The minimum atomic E-state index is -0.316. The van der Waals surface area contributed by atoms with E-state index in [4.69, 9.17) is 11.6 Å². The molecule has 106 valence electrons. The third kappa shape index (κ3) is 2.48. The van der Waals surface area contributed by atoms with Gasteiger partial charge in [0.2, 0.25) is 0 Å². The number of hydrogen-bond donors (Lipinski definition) is 1. The zero-order valence-corrected chi connectivity index (χ0v) is 12.0. The molecular weight excluding hydrogens is 290 g/mol. The Morgan fingerprint density at radius 2 is 2.05 bits per heavy atom. The van der Waals surface area contributed by atoms with E-state index < -0.39 is 0 Å². The first kappa shape index (κ1) is 13.6. The highest BCUT2D eigenvalue weighted by atomic mass is 35.5. The van der Waals surface area contributed by atoms with Crippen molar-refractivity contribution in [1.29, 1.82) is 0 Å². The Balaban J connectivity index is 2.30. The minimum Gasteiger partial charge on any atom is -0.342 e. The van der Waals surface area contributed by atoms with E-state index in [-0.39, 0.29) is 22.9 Å². The molecule has 0 spiro atoms. The second-order valence-corrected chi connectivity index (χ2v) is 5.16. The molecule has 0 aliphatic heterocycles. The zero-order valence-electron chi connectivity index (χ0n) is 11.3. The Bertz CT molecular complexity index is 881. The fourth-order valence-electron chi connectivity index (χ4n) is 2.29. The lowest BCUT2D eigenvalue weighted by molar-refractivity contribution is -0.116. The number of aromatic amines is 1. The summed E-state index contributed by atoms with van der Waals surface area (Å²) in [6, 6.07) is 10.8. The van der Waals surface area contributed by atoms with Crippen LogP contribution in [0.5, 0.6) is 0 Å². The number of hydrogen-bond acceptors (Lipinski definition) is 3. The van der Waals surface area contributed by atoms with Crippen LogP contribution in [-0.4, -0.2) is 20.4 Å². The fourth-order valence-corrected chi connectivity index (χ4v) is 2.56. The maximum Gasteiger partial charge on any atom is 0.274 e. The predicted octanol–water partition coefficient (Wildman–Crippen LogP) is 2.47. The first-order valence-corrected chi connectivity index (χ1v) is 6.79. The molecule has 2 heterocycles. The molecule has 0 unspecified atom stereocenters. The van der Waals surface area contributed by atoms with Crippen molar-refractivity contribution >= 4 is 23.0 Å². The number of nitrogens with one attached hydrogen (secondary N) is 1. The summed E-state index contributed by atoms with van der Waals surface area (Å²) in [5.41, 5.74) is 2.24. The third-order valence-corrected chi connectivity index (χ3v) is 3.39. The van der Waals surface area contributed by atoms with Gasteiger partial charge in [-0.15, -0.1) is 0 Å². The van der Waals surface area contributed by atoms with Crippen LogP contribution in [0.25, 0.3) is 16.8 Å². The number of H-pyrrole nitrogens is 1. The molecule has 3 aromatic rings. The summed E-state index contributed by atoms with van der Waals surface area (Å²) < 4.78 is 1.22. The quantitative estimate of drug-likeness (QED) is 0.808. The summed E-state index contributed by atoms with van der Waals surface area (Å²) in [5.74, 6) is -0.0260. The first-order chi connectivity index (χ1) is 10.1. The van der Waals surface area contributed by atoms with Crippen molar-refractivity contribution in [3.8, 4) is 11.1 Å². The van der Waals surface area contributed by atoms with Crippen LogP contribution < -0.4 is 5.56 Å². The number of rotatable bonds is 3. The predicted molar refractivity (Wildman–Crippen MR) is 80.6 cm³/mol. The molecule has 0 saturated carbocycles. The van der Waals surface area contributed by atoms with Crippen molar-refractivity contribution < 1.29 is 4.79 Å². The van der Waals surface area contributed by atoms with Crippen LogP contribution >= 0.6 is 11.6 Å². The van der Waals surface area contributed by atoms with Gasteiger partial charge in [0.15, 0.2) is 5.15 Å². The second kappa shape index (κ2) is 5.18. The van der Waals surface area contributed by atoms with Crippen molar-refractivity contribution in [1.82, 2.24) is 14.6 Å². The molecule has 0 amide bonds. The molecule has 2 aromatic heterocycles. The van der Waals surface area contributed by atoms with Crippen molar-refractivity contribution in [2.75, 3.05) is 0 Å². The SMILES string of the molecule is CC(=O)Cc1cc(=O)n2nc(Cl)c(-c3ccccc3)c2[nH]1. The third-order valence-electron chi connectivity index (χ3n) is 3.13. The average molecular weight is 302 g/mol. The lowest BCUT2D eigenvalue weighted by Gasteiger charge is -2.03. The number of nitrogens with zero attached hydrogens (tertiary/aromatic N) is 2. The largest absolute Gasteiger partial charge is 0.342 e. The van der Waals surface area contributed by atoms with Crippen LogP contribution in [0.1, 0.15) is 12.6 Å². The lowest BCUT2D eigenvalue weighted by atomic mass is 10.1. The van der Waals surface area contributed by atoms with Gasteiger partial charge in [0.05, 0.1) is 5.56 Å². The van der Waals surface area contributed by atoms with Gasteiger partial charge in [-0.1, -0.05) is 41.9 Å². The van der Waals surface area contributed by atoms with Crippen LogP contribution in [0.3, 0.4) is 0 Å². The number of Topliss-reactive ketones (excluding diaryl/α,β-unsaturated/α-hetero) is 1. The number of halogens is 1. The highest BCUT2D eigenvalue weighted by molar-refractivity contribution is 6.33. The van der Waals surface area contributed by atoms with E-state index in [1.807, 2.05) is 30.3 Å². The molecular formula is C15H12ClN3O2. The van der Waals surface area contributed by atoms with Crippen LogP contribution in [0.15, 0.2) is 41.2 Å². The van der Waals surface area contributed by atoms with E-state index in [0.29, 0.717) is 16.9 Å². The molecule has 5 nitrogen and oxygen atoms in total.